The highest BCUT2D eigenvalue weighted by atomic mass is 16.5. The first-order valence-electron chi connectivity index (χ1n) is 8.60. The molecule has 0 unspecified atom stereocenters. The van der Waals surface area contributed by atoms with Crippen molar-refractivity contribution in [1.82, 2.24) is 24.6 Å². The summed E-state index contributed by atoms with van der Waals surface area (Å²) >= 11 is 0. The number of nitrogens with zero attached hydrogens (tertiary/aromatic N) is 5. The fourth-order valence-corrected chi connectivity index (χ4v) is 3.91. The third-order valence-corrected chi connectivity index (χ3v) is 5.07. The van der Waals surface area contributed by atoms with E-state index < -0.39 is 0 Å². The van der Waals surface area contributed by atoms with Crippen LogP contribution in [0.15, 0.2) is 30.9 Å². The molecule has 1 N–H and O–H groups in total. The van der Waals surface area contributed by atoms with Gasteiger partial charge in [0.2, 0.25) is 5.95 Å². The Labute approximate surface area is 142 Å². The number of hydrogen-bond donors (Lipinski definition) is 1. The van der Waals surface area contributed by atoms with E-state index in [1.807, 2.05) is 24.0 Å². The lowest BCUT2D eigenvalue weighted by Crippen LogP contribution is -2.42. The van der Waals surface area contributed by atoms with E-state index >= 15 is 0 Å². The molecule has 24 heavy (non-hydrogen) atoms. The molecule has 0 aliphatic carbocycles. The summed E-state index contributed by atoms with van der Waals surface area (Å²) in [6.07, 6.45) is 9.02. The van der Waals surface area contributed by atoms with Crippen LogP contribution in [0.5, 0.6) is 0 Å². The second-order valence-electron chi connectivity index (χ2n) is 6.80. The van der Waals surface area contributed by atoms with E-state index in [1.165, 1.54) is 12.0 Å². The minimum Gasteiger partial charge on any atom is -0.376 e. The molecular formula is C17H24N6O. The second kappa shape index (κ2) is 6.86. The van der Waals surface area contributed by atoms with Gasteiger partial charge in [-0.15, -0.1) is 0 Å². The van der Waals surface area contributed by atoms with Crippen LogP contribution in [-0.4, -0.2) is 57.0 Å². The first-order valence-corrected chi connectivity index (χ1v) is 8.60. The number of rotatable bonds is 5. The van der Waals surface area contributed by atoms with Gasteiger partial charge < -0.3 is 10.1 Å². The van der Waals surface area contributed by atoms with Gasteiger partial charge >= 0.3 is 0 Å². The Hall–Kier alpha value is -1.99. The Morgan fingerprint density at radius 1 is 1.33 bits per heavy atom. The zero-order valence-electron chi connectivity index (χ0n) is 14.0. The molecule has 0 bridgehead atoms. The number of aromatic nitrogens is 4. The molecule has 0 radical (unpaired) electrons. The Morgan fingerprint density at radius 3 is 3.00 bits per heavy atom. The lowest BCUT2D eigenvalue weighted by Gasteiger charge is -2.35. The third kappa shape index (κ3) is 3.42. The largest absolute Gasteiger partial charge is 0.376 e. The van der Waals surface area contributed by atoms with Crippen LogP contribution >= 0.6 is 0 Å². The summed E-state index contributed by atoms with van der Waals surface area (Å²) in [6, 6.07) is 1.82. The van der Waals surface area contributed by atoms with E-state index in [1.54, 1.807) is 12.4 Å². The van der Waals surface area contributed by atoms with Crippen LogP contribution in [0.3, 0.4) is 0 Å². The van der Waals surface area contributed by atoms with Gasteiger partial charge in [-0.2, -0.15) is 5.10 Å². The van der Waals surface area contributed by atoms with Crippen molar-refractivity contribution < 1.29 is 4.74 Å². The van der Waals surface area contributed by atoms with Crippen molar-refractivity contribution in [3.63, 3.8) is 0 Å². The summed E-state index contributed by atoms with van der Waals surface area (Å²) in [5.41, 5.74) is 1.29. The molecule has 7 heteroatoms. The molecule has 0 aromatic carbocycles. The Morgan fingerprint density at radius 2 is 2.21 bits per heavy atom. The third-order valence-electron chi connectivity index (χ3n) is 5.07. The van der Waals surface area contributed by atoms with Crippen molar-refractivity contribution in [2.75, 3.05) is 31.6 Å². The Balaban J connectivity index is 1.29. The summed E-state index contributed by atoms with van der Waals surface area (Å²) in [5, 5.41) is 7.56. The Kier molecular flexibility index (Phi) is 4.44. The summed E-state index contributed by atoms with van der Waals surface area (Å²) in [6.45, 7) is 4.86. The molecule has 2 aromatic heterocycles. The van der Waals surface area contributed by atoms with Crippen molar-refractivity contribution in [2.24, 2.45) is 18.9 Å². The molecule has 2 fully saturated rings. The van der Waals surface area contributed by atoms with Crippen LogP contribution < -0.4 is 5.32 Å². The number of ether oxygens (including phenoxy) is 1. The van der Waals surface area contributed by atoms with E-state index in [4.69, 9.17) is 4.74 Å². The average molecular weight is 328 g/mol. The Bertz CT molecular complexity index is 660. The minimum atomic E-state index is 0.263. The molecule has 0 amide bonds. The van der Waals surface area contributed by atoms with Gasteiger partial charge in [-0.3, -0.25) is 9.58 Å². The highest BCUT2D eigenvalue weighted by Crippen LogP contribution is 2.34. The fraction of sp³-hybridized carbons (Fsp3) is 0.588. The molecule has 3 atom stereocenters. The smallest absolute Gasteiger partial charge is 0.222 e. The molecule has 2 aliphatic rings. The maximum Gasteiger partial charge on any atom is 0.222 e. The van der Waals surface area contributed by atoms with Crippen LogP contribution in [0.1, 0.15) is 12.0 Å². The van der Waals surface area contributed by atoms with E-state index in [2.05, 4.69) is 31.5 Å². The van der Waals surface area contributed by atoms with E-state index in [-0.39, 0.29) is 6.10 Å². The normalized spacial score (nSPS) is 27.1. The number of anilines is 1. The van der Waals surface area contributed by atoms with Crippen molar-refractivity contribution >= 4 is 5.95 Å². The van der Waals surface area contributed by atoms with Gasteiger partial charge in [0.1, 0.15) is 0 Å². The second-order valence-corrected chi connectivity index (χ2v) is 6.80. The maximum atomic E-state index is 6.06. The average Bonchev–Trinajstić information content (AvgIpc) is 3.20. The molecule has 0 saturated carbocycles. The highest BCUT2D eigenvalue weighted by Gasteiger charge is 2.40. The van der Waals surface area contributed by atoms with Crippen molar-refractivity contribution in [3.8, 4) is 0 Å². The van der Waals surface area contributed by atoms with Crippen LogP contribution in [0.25, 0.3) is 0 Å². The molecule has 4 heterocycles. The summed E-state index contributed by atoms with van der Waals surface area (Å²) < 4.78 is 7.93. The summed E-state index contributed by atoms with van der Waals surface area (Å²) in [5.74, 6) is 1.93. The number of aryl methyl sites for hydroxylation is 1. The zero-order valence-corrected chi connectivity index (χ0v) is 14.0. The summed E-state index contributed by atoms with van der Waals surface area (Å²) in [4.78, 5) is 10.9. The molecule has 2 aromatic rings. The number of likely N-dealkylation sites (tertiary alicyclic amines) is 1. The molecule has 2 saturated heterocycles. The van der Waals surface area contributed by atoms with Gasteiger partial charge in [-0.25, -0.2) is 9.97 Å². The lowest BCUT2D eigenvalue weighted by molar-refractivity contribution is 0.0946. The summed E-state index contributed by atoms with van der Waals surface area (Å²) in [7, 11) is 1.97. The van der Waals surface area contributed by atoms with Gasteiger partial charge in [0.05, 0.1) is 18.9 Å². The molecule has 7 nitrogen and oxygen atoms in total. The highest BCUT2D eigenvalue weighted by molar-refractivity contribution is 5.22. The van der Waals surface area contributed by atoms with Crippen molar-refractivity contribution in [1.29, 1.82) is 0 Å². The van der Waals surface area contributed by atoms with Gasteiger partial charge in [-0.1, -0.05) is 0 Å². The van der Waals surface area contributed by atoms with E-state index in [0.29, 0.717) is 17.8 Å². The SMILES string of the molecule is Cn1cc(CN2CC[C@H]3[C@H](CO[C@H]3CNc3ncccn3)C2)cn1. The first kappa shape index (κ1) is 15.5. The van der Waals surface area contributed by atoms with Crippen LogP contribution in [0, 0.1) is 11.8 Å². The van der Waals surface area contributed by atoms with Gasteiger partial charge in [0.25, 0.3) is 0 Å². The molecule has 0 spiro atoms. The number of fused-ring (bicyclic) bond motifs is 1. The minimum absolute atomic E-state index is 0.263. The molecule has 2 aliphatic heterocycles. The zero-order chi connectivity index (χ0) is 16.4. The number of piperidine rings is 1. The van der Waals surface area contributed by atoms with Crippen LogP contribution in [-0.2, 0) is 18.3 Å². The number of hydrogen-bond acceptors (Lipinski definition) is 6. The van der Waals surface area contributed by atoms with E-state index in [9.17, 15) is 0 Å². The van der Waals surface area contributed by atoms with Crippen LogP contribution in [0.2, 0.25) is 0 Å². The van der Waals surface area contributed by atoms with E-state index in [0.717, 1.165) is 32.8 Å². The topological polar surface area (TPSA) is 68.1 Å². The lowest BCUT2D eigenvalue weighted by atomic mass is 9.84. The predicted molar refractivity (Wildman–Crippen MR) is 90.3 cm³/mol. The van der Waals surface area contributed by atoms with Crippen molar-refractivity contribution in [2.45, 2.75) is 19.1 Å². The molecule has 128 valence electrons. The monoisotopic (exact) mass is 328 g/mol. The predicted octanol–water partition coefficient (Wildman–Crippen LogP) is 1.16. The van der Waals surface area contributed by atoms with Gasteiger partial charge in [-0.05, 0) is 24.9 Å². The number of nitrogens with one attached hydrogen (secondary N) is 1. The molecular weight excluding hydrogens is 304 g/mol. The van der Waals surface area contributed by atoms with Gasteiger partial charge in [0.15, 0.2) is 0 Å². The van der Waals surface area contributed by atoms with Gasteiger partial charge in [0, 0.05) is 56.8 Å². The quantitative estimate of drug-likeness (QED) is 0.888. The van der Waals surface area contributed by atoms with Crippen LogP contribution in [0.4, 0.5) is 5.95 Å². The fourth-order valence-electron chi connectivity index (χ4n) is 3.91. The van der Waals surface area contributed by atoms with Crippen molar-refractivity contribution in [3.05, 3.63) is 36.4 Å². The first-order chi connectivity index (χ1) is 11.8. The maximum absolute atomic E-state index is 6.06. The molecule has 4 rings (SSSR count). The standard InChI is InChI=1S/C17H24N6O/c1-22-9-13(7-21-22)10-23-6-3-15-14(11-23)12-24-16(15)8-20-17-18-4-2-5-19-17/h2,4-5,7,9,14-16H,3,6,8,10-12H2,1H3,(H,18,19,20)/t14-,15-,16-/m0/s1.